The maximum atomic E-state index is 12.3. The number of aryl methyl sites for hydroxylation is 1. The molecule has 0 N–H and O–H groups in total. The molecule has 2 aromatic heterocycles. The molecule has 0 aliphatic carbocycles. The molecule has 0 spiro atoms. The second-order valence-corrected chi connectivity index (χ2v) is 4.86. The van der Waals surface area contributed by atoms with E-state index in [9.17, 15) is 4.79 Å². The number of likely N-dealkylation sites (tertiary alicyclic amines) is 1. The summed E-state index contributed by atoms with van der Waals surface area (Å²) in [6, 6.07) is 5.42. The van der Waals surface area contributed by atoms with E-state index in [0.29, 0.717) is 24.4 Å². The summed E-state index contributed by atoms with van der Waals surface area (Å²) in [6.07, 6.45) is 5.79. The topological polar surface area (TPSA) is 55.6 Å². The van der Waals surface area contributed by atoms with Gasteiger partial charge >= 0.3 is 0 Å². The van der Waals surface area contributed by atoms with E-state index in [1.807, 2.05) is 12.1 Å². The van der Waals surface area contributed by atoms with Crippen LogP contribution >= 0.6 is 0 Å². The summed E-state index contributed by atoms with van der Waals surface area (Å²) in [5, 5.41) is 0. The van der Waals surface area contributed by atoms with Crippen molar-refractivity contribution >= 4 is 5.91 Å². The number of nitrogens with zero attached hydrogens (tertiary/aromatic N) is 2. The molecule has 0 bridgehead atoms. The zero-order chi connectivity index (χ0) is 13.9. The molecule has 3 heterocycles. The highest BCUT2D eigenvalue weighted by Gasteiger charge is 2.29. The lowest BCUT2D eigenvalue weighted by atomic mass is 10.2. The Kier molecular flexibility index (Phi) is 3.41. The molecule has 5 nitrogen and oxygen atoms in total. The molecule has 1 unspecified atom stereocenters. The third-order valence-electron chi connectivity index (χ3n) is 3.46. The van der Waals surface area contributed by atoms with Crippen LogP contribution in [0, 0.1) is 6.92 Å². The molecule has 1 fully saturated rings. The monoisotopic (exact) mass is 272 g/mol. The van der Waals surface area contributed by atoms with Gasteiger partial charge in [0.1, 0.15) is 17.6 Å². The van der Waals surface area contributed by atoms with E-state index in [1.54, 1.807) is 36.5 Å². The van der Waals surface area contributed by atoms with Gasteiger partial charge in [0.15, 0.2) is 0 Å². The molecular formula is C15H16N2O3. The Morgan fingerprint density at radius 3 is 3.10 bits per heavy atom. The standard InChI is InChI=1S/C15H16N2O3/c1-11-14(5-8-19-11)15(18)17-7-4-13(10-17)20-12-3-2-6-16-9-12/h2-3,5-6,8-9,13H,4,7,10H2,1H3. The van der Waals surface area contributed by atoms with E-state index >= 15 is 0 Å². The first kappa shape index (κ1) is 12.7. The first-order valence-electron chi connectivity index (χ1n) is 6.64. The number of furan rings is 1. The van der Waals surface area contributed by atoms with E-state index in [4.69, 9.17) is 9.15 Å². The highest BCUT2D eigenvalue weighted by atomic mass is 16.5. The number of carbonyl (C=O) groups excluding carboxylic acids is 1. The first-order chi connectivity index (χ1) is 9.74. The molecule has 0 radical (unpaired) electrons. The van der Waals surface area contributed by atoms with Crippen LogP contribution in [0.25, 0.3) is 0 Å². The van der Waals surface area contributed by atoms with Gasteiger partial charge in [-0.25, -0.2) is 0 Å². The molecule has 1 aliphatic rings. The molecule has 1 atom stereocenters. The molecule has 0 saturated carbocycles. The Bertz CT molecular complexity index is 594. The quantitative estimate of drug-likeness (QED) is 0.860. The Balaban J connectivity index is 1.62. The highest BCUT2D eigenvalue weighted by molar-refractivity contribution is 5.95. The third kappa shape index (κ3) is 2.52. The molecule has 20 heavy (non-hydrogen) atoms. The second kappa shape index (κ2) is 5.36. The predicted molar refractivity (Wildman–Crippen MR) is 72.6 cm³/mol. The largest absolute Gasteiger partial charge is 0.487 e. The summed E-state index contributed by atoms with van der Waals surface area (Å²) in [5.41, 5.74) is 0.632. The van der Waals surface area contributed by atoms with Gasteiger partial charge in [-0.05, 0) is 25.1 Å². The Morgan fingerprint density at radius 2 is 2.40 bits per heavy atom. The number of amides is 1. The summed E-state index contributed by atoms with van der Waals surface area (Å²) in [7, 11) is 0. The van der Waals surface area contributed by atoms with Crippen molar-refractivity contribution in [2.45, 2.75) is 19.4 Å². The molecule has 0 aromatic carbocycles. The number of hydrogen-bond donors (Lipinski definition) is 0. The van der Waals surface area contributed by atoms with E-state index < -0.39 is 0 Å². The van der Waals surface area contributed by atoms with Crippen LogP contribution in [-0.4, -0.2) is 35.0 Å². The maximum absolute atomic E-state index is 12.3. The van der Waals surface area contributed by atoms with Gasteiger partial charge in [-0.15, -0.1) is 0 Å². The Morgan fingerprint density at radius 1 is 1.50 bits per heavy atom. The van der Waals surface area contributed by atoms with Gasteiger partial charge < -0.3 is 14.1 Å². The van der Waals surface area contributed by atoms with Crippen LogP contribution < -0.4 is 4.74 Å². The number of aromatic nitrogens is 1. The number of hydrogen-bond acceptors (Lipinski definition) is 4. The van der Waals surface area contributed by atoms with Crippen molar-refractivity contribution in [1.82, 2.24) is 9.88 Å². The fourth-order valence-electron chi connectivity index (χ4n) is 2.40. The van der Waals surface area contributed by atoms with Crippen LogP contribution in [-0.2, 0) is 0 Å². The fourth-order valence-corrected chi connectivity index (χ4v) is 2.40. The minimum atomic E-state index is 0.00790. The van der Waals surface area contributed by atoms with Crippen LogP contribution in [0.3, 0.4) is 0 Å². The van der Waals surface area contributed by atoms with Gasteiger partial charge in [0.05, 0.1) is 24.6 Å². The Hall–Kier alpha value is -2.30. The van der Waals surface area contributed by atoms with Crippen LogP contribution in [0.1, 0.15) is 22.5 Å². The SMILES string of the molecule is Cc1occc1C(=O)N1CCC(Oc2cccnc2)C1. The number of pyridine rings is 1. The number of rotatable bonds is 3. The lowest BCUT2D eigenvalue weighted by molar-refractivity contribution is 0.0770. The average Bonchev–Trinajstić information content (AvgIpc) is 3.08. The zero-order valence-electron chi connectivity index (χ0n) is 11.3. The summed E-state index contributed by atoms with van der Waals surface area (Å²) >= 11 is 0. The molecule has 1 saturated heterocycles. The van der Waals surface area contributed by atoms with Crippen LogP contribution in [0.5, 0.6) is 5.75 Å². The Labute approximate surface area is 117 Å². The minimum Gasteiger partial charge on any atom is -0.487 e. The zero-order valence-corrected chi connectivity index (χ0v) is 11.3. The van der Waals surface area contributed by atoms with Gasteiger partial charge in [0.2, 0.25) is 0 Å². The lowest BCUT2D eigenvalue weighted by Crippen LogP contribution is -2.31. The first-order valence-corrected chi connectivity index (χ1v) is 6.64. The molecule has 3 rings (SSSR count). The van der Waals surface area contributed by atoms with Gasteiger partial charge in [0.25, 0.3) is 5.91 Å². The van der Waals surface area contributed by atoms with Gasteiger partial charge in [-0.2, -0.15) is 0 Å². The van der Waals surface area contributed by atoms with Crippen LogP contribution in [0.2, 0.25) is 0 Å². The van der Waals surface area contributed by atoms with E-state index in [-0.39, 0.29) is 12.0 Å². The molecular weight excluding hydrogens is 256 g/mol. The summed E-state index contributed by atoms with van der Waals surface area (Å²) in [5.74, 6) is 1.41. The lowest BCUT2D eigenvalue weighted by Gasteiger charge is -2.16. The number of ether oxygens (including phenoxy) is 1. The normalized spacial score (nSPS) is 18.2. The second-order valence-electron chi connectivity index (χ2n) is 4.86. The maximum Gasteiger partial charge on any atom is 0.257 e. The molecule has 1 amide bonds. The van der Waals surface area contributed by atoms with E-state index in [1.165, 1.54) is 0 Å². The average molecular weight is 272 g/mol. The van der Waals surface area contributed by atoms with Gasteiger partial charge in [-0.3, -0.25) is 9.78 Å². The summed E-state index contributed by atoms with van der Waals surface area (Å²) < 4.78 is 11.0. The van der Waals surface area contributed by atoms with Gasteiger partial charge in [0, 0.05) is 19.2 Å². The molecule has 104 valence electrons. The fraction of sp³-hybridized carbons (Fsp3) is 0.333. The molecule has 5 heteroatoms. The predicted octanol–water partition coefficient (Wildman–Crippen LogP) is 2.28. The van der Waals surface area contributed by atoms with Crippen molar-refractivity contribution in [2.75, 3.05) is 13.1 Å². The van der Waals surface area contributed by atoms with Crippen LogP contribution in [0.15, 0.2) is 41.3 Å². The van der Waals surface area contributed by atoms with Crippen LogP contribution in [0.4, 0.5) is 0 Å². The van der Waals surface area contributed by atoms with E-state index in [0.717, 1.165) is 12.2 Å². The van der Waals surface area contributed by atoms with Crippen molar-refractivity contribution in [1.29, 1.82) is 0 Å². The summed E-state index contributed by atoms with van der Waals surface area (Å²) in [4.78, 5) is 18.1. The van der Waals surface area contributed by atoms with Crippen molar-refractivity contribution in [2.24, 2.45) is 0 Å². The molecule has 2 aromatic rings. The van der Waals surface area contributed by atoms with Crippen molar-refractivity contribution in [3.8, 4) is 5.75 Å². The third-order valence-corrected chi connectivity index (χ3v) is 3.46. The van der Waals surface area contributed by atoms with Gasteiger partial charge in [-0.1, -0.05) is 0 Å². The van der Waals surface area contributed by atoms with Crippen molar-refractivity contribution in [3.05, 3.63) is 48.2 Å². The number of carbonyl (C=O) groups is 1. The smallest absolute Gasteiger partial charge is 0.257 e. The van der Waals surface area contributed by atoms with Crippen molar-refractivity contribution in [3.63, 3.8) is 0 Å². The molecule has 1 aliphatic heterocycles. The van der Waals surface area contributed by atoms with Crippen molar-refractivity contribution < 1.29 is 13.9 Å². The summed E-state index contributed by atoms with van der Waals surface area (Å²) in [6.45, 7) is 3.10. The minimum absolute atomic E-state index is 0.00790. The highest BCUT2D eigenvalue weighted by Crippen LogP contribution is 2.20. The van der Waals surface area contributed by atoms with E-state index in [2.05, 4.69) is 4.98 Å².